The molecule has 1 aromatic heterocycles. The van der Waals surface area contributed by atoms with Gasteiger partial charge in [-0.2, -0.15) is 0 Å². The van der Waals surface area contributed by atoms with E-state index in [1.54, 1.807) is 18.2 Å². The number of rotatable bonds is 3. The quantitative estimate of drug-likeness (QED) is 0.526. The van der Waals surface area contributed by atoms with E-state index >= 15 is 0 Å². The number of hydrogen-bond acceptors (Lipinski definition) is 4. The number of H-pyrrole nitrogens is 1. The molecule has 1 fully saturated rings. The highest BCUT2D eigenvalue weighted by molar-refractivity contribution is 5.80. The standard InChI is InChI=1S/C20H19FN4O2/c1-14-12-20(22-19-13-15(21)2-7-18(14)19)24-10-8-23(9-11-24)16-3-5-17(6-4-16)25(26)27/h2-7,12-13H,8-11H2,1H3/p+1. The van der Waals surface area contributed by atoms with Crippen LogP contribution in [0.25, 0.3) is 10.9 Å². The Labute approximate surface area is 156 Å². The maximum atomic E-state index is 13.6. The summed E-state index contributed by atoms with van der Waals surface area (Å²) in [7, 11) is 0. The second kappa shape index (κ2) is 6.83. The Morgan fingerprint density at radius 2 is 1.67 bits per heavy atom. The van der Waals surface area contributed by atoms with Crippen molar-refractivity contribution < 1.29 is 14.3 Å². The molecule has 27 heavy (non-hydrogen) atoms. The molecule has 2 heterocycles. The van der Waals surface area contributed by atoms with Gasteiger partial charge in [0.2, 0.25) is 0 Å². The van der Waals surface area contributed by atoms with Gasteiger partial charge in [-0.15, -0.1) is 0 Å². The van der Waals surface area contributed by atoms with E-state index in [1.165, 1.54) is 24.3 Å². The van der Waals surface area contributed by atoms with E-state index in [4.69, 9.17) is 0 Å². The number of halogens is 1. The number of aryl methyl sites for hydroxylation is 1. The minimum absolute atomic E-state index is 0.103. The summed E-state index contributed by atoms with van der Waals surface area (Å²) in [5, 5.41) is 11.8. The number of fused-ring (bicyclic) bond motifs is 1. The lowest BCUT2D eigenvalue weighted by atomic mass is 10.1. The number of pyridine rings is 1. The fraction of sp³-hybridized carbons (Fsp3) is 0.250. The van der Waals surface area contributed by atoms with Gasteiger partial charge in [0, 0.05) is 35.3 Å². The largest absolute Gasteiger partial charge is 0.364 e. The first-order chi connectivity index (χ1) is 13.0. The maximum absolute atomic E-state index is 13.6. The number of nitrogens with one attached hydrogen (secondary N) is 1. The summed E-state index contributed by atoms with van der Waals surface area (Å²) in [6, 6.07) is 13.6. The molecule has 0 unspecified atom stereocenters. The number of piperazine rings is 1. The van der Waals surface area contributed by atoms with Crippen molar-refractivity contribution in [2.45, 2.75) is 6.92 Å². The second-order valence-electron chi connectivity index (χ2n) is 6.78. The van der Waals surface area contributed by atoms with Crippen LogP contribution in [0.2, 0.25) is 0 Å². The molecule has 0 radical (unpaired) electrons. The fourth-order valence-corrected chi connectivity index (χ4v) is 3.58. The van der Waals surface area contributed by atoms with Crippen LogP contribution in [0.4, 0.5) is 21.6 Å². The second-order valence-corrected chi connectivity index (χ2v) is 6.78. The average molecular weight is 367 g/mol. The number of benzene rings is 2. The normalized spacial score (nSPS) is 14.6. The summed E-state index contributed by atoms with van der Waals surface area (Å²) < 4.78 is 13.6. The monoisotopic (exact) mass is 367 g/mol. The molecule has 0 amide bonds. The van der Waals surface area contributed by atoms with Crippen molar-refractivity contribution in [2.24, 2.45) is 0 Å². The molecule has 4 rings (SSSR count). The van der Waals surface area contributed by atoms with E-state index in [0.29, 0.717) is 0 Å². The third kappa shape index (κ3) is 3.40. The van der Waals surface area contributed by atoms with Crippen LogP contribution in [-0.2, 0) is 0 Å². The highest BCUT2D eigenvalue weighted by Gasteiger charge is 2.24. The molecule has 0 bridgehead atoms. The van der Waals surface area contributed by atoms with Gasteiger partial charge in [-0.25, -0.2) is 9.37 Å². The summed E-state index contributed by atoms with van der Waals surface area (Å²) in [6.07, 6.45) is 0. The third-order valence-electron chi connectivity index (χ3n) is 5.07. The molecular formula is C20H20FN4O2+. The average Bonchev–Trinajstić information content (AvgIpc) is 2.68. The van der Waals surface area contributed by atoms with Crippen molar-refractivity contribution >= 4 is 28.1 Å². The zero-order valence-electron chi connectivity index (χ0n) is 15.0. The molecule has 1 aliphatic heterocycles. The van der Waals surface area contributed by atoms with Crippen molar-refractivity contribution in [1.82, 2.24) is 0 Å². The molecule has 6 nitrogen and oxygen atoms in total. The highest BCUT2D eigenvalue weighted by atomic mass is 19.1. The molecule has 0 spiro atoms. The Hall–Kier alpha value is -3.22. The Balaban J connectivity index is 1.50. The van der Waals surface area contributed by atoms with E-state index in [9.17, 15) is 14.5 Å². The number of aromatic amines is 1. The lowest BCUT2D eigenvalue weighted by molar-refractivity contribution is -0.384. The van der Waals surface area contributed by atoms with Crippen LogP contribution in [-0.4, -0.2) is 31.1 Å². The fourth-order valence-electron chi connectivity index (χ4n) is 3.58. The summed E-state index contributed by atoms with van der Waals surface area (Å²) in [6.45, 7) is 5.28. The Morgan fingerprint density at radius 3 is 2.33 bits per heavy atom. The molecule has 0 aliphatic carbocycles. The molecule has 1 aliphatic rings. The van der Waals surface area contributed by atoms with Crippen molar-refractivity contribution in [3.05, 3.63) is 70.0 Å². The van der Waals surface area contributed by atoms with Crippen LogP contribution < -0.4 is 14.8 Å². The van der Waals surface area contributed by atoms with Gasteiger partial charge in [0.25, 0.3) is 11.5 Å². The summed E-state index contributed by atoms with van der Waals surface area (Å²) in [5.74, 6) is 0.729. The van der Waals surface area contributed by atoms with Gasteiger partial charge in [-0.05, 0) is 36.8 Å². The molecule has 138 valence electrons. The van der Waals surface area contributed by atoms with Gasteiger partial charge < -0.3 is 4.90 Å². The topological polar surface area (TPSA) is 63.8 Å². The first-order valence-electron chi connectivity index (χ1n) is 8.88. The molecule has 7 heteroatoms. The van der Waals surface area contributed by atoms with Gasteiger partial charge in [-0.3, -0.25) is 15.0 Å². The van der Waals surface area contributed by atoms with Crippen LogP contribution >= 0.6 is 0 Å². The van der Waals surface area contributed by atoms with Crippen molar-refractivity contribution in [3.8, 4) is 0 Å². The predicted molar refractivity (Wildman–Crippen MR) is 103 cm³/mol. The lowest BCUT2D eigenvalue weighted by Gasteiger charge is -2.32. The van der Waals surface area contributed by atoms with Gasteiger partial charge in [0.05, 0.1) is 18.0 Å². The van der Waals surface area contributed by atoms with Gasteiger partial charge in [0.15, 0.2) is 0 Å². The number of hydrogen-bond donors (Lipinski definition) is 0. The maximum Gasteiger partial charge on any atom is 0.275 e. The predicted octanol–water partition coefficient (Wildman–Crippen LogP) is 3.34. The first kappa shape index (κ1) is 17.2. The Bertz CT molecular complexity index is 999. The van der Waals surface area contributed by atoms with Crippen LogP contribution in [0.3, 0.4) is 0 Å². The number of aromatic nitrogens is 1. The van der Waals surface area contributed by atoms with E-state index in [2.05, 4.69) is 20.9 Å². The molecular weight excluding hydrogens is 347 g/mol. The number of nitrogens with zero attached hydrogens (tertiary/aromatic N) is 3. The zero-order valence-corrected chi connectivity index (χ0v) is 15.0. The summed E-state index contributed by atoms with van der Waals surface area (Å²) in [4.78, 5) is 18.2. The molecule has 1 saturated heterocycles. The van der Waals surface area contributed by atoms with Gasteiger partial charge in [0.1, 0.15) is 24.4 Å². The Morgan fingerprint density at radius 1 is 1.00 bits per heavy atom. The van der Waals surface area contributed by atoms with Crippen LogP contribution in [0.1, 0.15) is 5.56 Å². The van der Waals surface area contributed by atoms with Gasteiger partial charge >= 0.3 is 0 Å². The van der Waals surface area contributed by atoms with Crippen LogP contribution in [0.5, 0.6) is 0 Å². The number of anilines is 2. The van der Waals surface area contributed by atoms with Crippen LogP contribution in [0, 0.1) is 22.9 Å². The lowest BCUT2D eigenvalue weighted by Crippen LogP contribution is -2.48. The number of nitro benzene ring substituents is 1. The van der Waals surface area contributed by atoms with Crippen molar-refractivity contribution in [1.29, 1.82) is 0 Å². The molecule has 0 atom stereocenters. The minimum Gasteiger partial charge on any atom is -0.364 e. The van der Waals surface area contributed by atoms with Crippen LogP contribution in [0.15, 0.2) is 48.5 Å². The van der Waals surface area contributed by atoms with E-state index < -0.39 is 0 Å². The molecule has 2 aromatic carbocycles. The molecule has 3 aromatic rings. The van der Waals surface area contributed by atoms with Gasteiger partial charge in [-0.1, -0.05) is 0 Å². The molecule has 1 N–H and O–H groups in total. The first-order valence-corrected chi connectivity index (χ1v) is 8.88. The van der Waals surface area contributed by atoms with E-state index in [1.807, 2.05) is 6.92 Å². The summed E-state index contributed by atoms with van der Waals surface area (Å²) in [5.41, 5.74) is 2.99. The SMILES string of the molecule is Cc1cc(N2CCN(c3ccc([N+](=O)[O-])cc3)CC2)[nH+]c2cc(F)ccc12. The van der Waals surface area contributed by atoms with Crippen molar-refractivity contribution in [2.75, 3.05) is 36.0 Å². The highest BCUT2D eigenvalue weighted by Crippen LogP contribution is 2.23. The van der Waals surface area contributed by atoms with E-state index in [0.717, 1.165) is 54.2 Å². The number of nitro groups is 1. The Kier molecular flexibility index (Phi) is 4.35. The van der Waals surface area contributed by atoms with Crippen molar-refractivity contribution in [3.63, 3.8) is 0 Å². The smallest absolute Gasteiger partial charge is 0.275 e. The minimum atomic E-state index is -0.386. The van der Waals surface area contributed by atoms with E-state index in [-0.39, 0.29) is 16.4 Å². The third-order valence-corrected chi connectivity index (χ3v) is 5.07. The number of non-ortho nitro benzene ring substituents is 1. The zero-order chi connectivity index (χ0) is 19.0. The summed E-state index contributed by atoms with van der Waals surface area (Å²) >= 11 is 0. The molecule has 0 saturated carbocycles.